The van der Waals surface area contributed by atoms with Crippen LogP contribution in [0.3, 0.4) is 0 Å². The number of benzene rings is 1. The Bertz CT molecular complexity index is 1240. The van der Waals surface area contributed by atoms with Gasteiger partial charge in [0.15, 0.2) is 5.82 Å². The predicted octanol–water partition coefficient (Wildman–Crippen LogP) is 3.94. The van der Waals surface area contributed by atoms with Gasteiger partial charge in [0.25, 0.3) is 11.4 Å². The first-order valence-electron chi connectivity index (χ1n) is 9.94. The van der Waals surface area contributed by atoms with Crippen LogP contribution in [0.25, 0.3) is 22.7 Å². The van der Waals surface area contributed by atoms with Crippen LogP contribution in [0.4, 0.5) is 0 Å². The molecule has 3 heterocycles. The maximum atomic E-state index is 13.3. The van der Waals surface area contributed by atoms with Crippen molar-refractivity contribution in [1.82, 2.24) is 19.1 Å². The minimum absolute atomic E-state index is 0.0775. The molecule has 0 saturated heterocycles. The average molecular weight is 406 g/mol. The maximum Gasteiger partial charge on any atom is 0.277 e. The van der Waals surface area contributed by atoms with E-state index in [1.165, 1.54) is 6.26 Å². The van der Waals surface area contributed by atoms with Gasteiger partial charge in [-0.05, 0) is 50.8 Å². The molecule has 7 nitrogen and oxygen atoms in total. The molecular weight excluding hydrogens is 380 g/mol. The third-order valence-electron chi connectivity index (χ3n) is 5.31. The van der Waals surface area contributed by atoms with E-state index in [2.05, 4.69) is 11.1 Å². The van der Waals surface area contributed by atoms with E-state index in [4.69, 9.17) is 14.1 Å². The fourth-order valence-electron chi connectivity index (χ4n) is 3.74. The number of aromatic nitrogens is 4. The number of nitrogens with zero attached hydrogens (tertiary/aromatic N) is 4. The zero-order valence-electron chi connectivity index (χ0n) is 18.0. The van der Waals surface area contributed by atoms with Gasteiger partial charge in [0, 0.05) is 18.8 Å². The Morgan fingerprint density at radius 3 is 2.53 bits per heavy atom. The quantitative estimate of drug-likeness (QED) is 0.502. The highest BCUT2D eigenvalue weighted by Gasteiger charge is 2.24. The first-order chi connectivity index (χ1) is 14.3. The van der Waals surface area contributed by atoms with Gasteiger partial charge in [-0.2, -0.15) is 0 Å². The van der Waals surface area contributed by atoms with Gasteiger partial charge in [0.1, 0.15) is 17.5 Å². The van der Waals surface area contributed by atoms with Crippen LogP contribution in [0.15, 0.2) is 52.1 Å². The van der Waals surface area contributed by atoms with Gasteiger partial charge in [-0.3, -0.25) is 4.79 Å². The van der Waals surface area contributed by atoms with E-state index in [0.29, 0.717) is 22.7 Å². The van der Waals surface area contributed by atoms with Crippen LogP contribution in [0, 0.1) is 0 Å². The first kappa shape index (κ1) is 19.9. The molecular formula is C23H26N4O3. The molecule has 0 aliphatic carbocycles. The lowest BCUT2D eigenvalue weighted by Crippen LogP contribution is -2.34. The molecule has 4 rings (SSSR count). The lowest BCUT2D eigenvalue weighted by molar-refractivity contribution is 0.384. The standard InChI is InChI=1S/C23H26N4O3/c1-23(2,3)27-14-16(11-10-15-8-6-7-9-17(15)29-5)18-19(22(27)28)26(4)20(25-18)21-24-12-13-30-21/h6-9,12-14H,10-11H2,1-5H3. The Kier molecular flexibility index (Phi) is 4.97. The molecule has 30 heavy (non-hydrogen) atoms. The minimum atomic E-state index is -0.363. The summed E-state index contributed by atoms with van der Waals surface area (Å²) in [5.41, 5.74) is 2.91. The molecule has 1 aromatic carbocycles. The summed E-state index contributed by atoms with van der Waals surface area (Å²) in [7, 11) is 3.51. The summed E-state index contributed by atoms with van der Waals surface area (Å²) in [6, 6.07) is 7.99. The van der Waals surface area contributed by atoms with Crippen molar-refractivity contribution in [2.75, 3.05) is 7.11 Å². The molecule has 4 aromatic rings. The topological polar surface area (TPSA) is 75.1 Å². The smallest absolute Gasteiger partial charge is 0.277 e. The number of aryl methyl sites for hydroxylation is 3. The molecule has 0 saturated carbocycles. The van der Waals surface area contributed by atoms with Crippen molar-refractivity contribution >= 4 is 11.0 Å². The Balaban J connectivity index is 1.88. The fourth-order valence-corrected chi connectivity index (χ4v) is 3.74. The number of rotatable bonds is 5. The van der Waals surface area contributed by atoms with Gasteiger partial charge in [0.2, 0.25) is 0 Å². The van der Waals surface area contributed by atoms with Crippen LogP contribution in [0.1, 0.15) is 31.9 Å². The fraction of sp³-hybridized carbons (Fsp3) is 0.348. The number of ether oxygens (including phenoxy) is 1. The number of hydrogen-bond acceptors (Lipinski definition) is 5. The molecule has 0 amide bonds. The second-order valence-electron chi connectivity index (χ2n) is 8.34. The third-order valence-corrected chi connectivity index (χ3v) is 5.31. The Morgan fingerprint density at radius 2 is 1.87 bits per heavy atom. The van der Waals surface area contributed by atoms with E-state index in [1.54, 1.807) is 22.4 Å². The van der Waals surface area contributed by atoms with Crippen molar-refractivity contribution in [3.8, 4) is 17.5 Å². The van der Waals surface area contributed by atoms with Crippen molar-refractivity contribution < 1.29 is 9.15 Å². The molecule has 0 fully saturated rings. The van der Waals surface area contributed by atoms with Crippen molar-refractivity contribution in [2.45, 2.75) is 39.2 Å². The van der Waals surface area contributed by atoms with Crippen molar-refractivity contribution in [1.29, 1.82) is 0 Å². The van der Waals surface area contributed by atoms with E-state index in [9.17, 15) is 4.79 Å². The number of pyridine rings is 1. The predicted molar refractivity (Wildman–Crippen MR) is 116 cm³/mol. The molecule has 7 heteroatoms. The van der Waals surface area contributed by atoms with E-state index in [0.717, 1.165) is 29.7 Å². The molecule has 3 aromatic heterocycles. The highest BCUT2D eigenvalue weighted by atomic mass is 16.5. The molecule has 0 aliphatic heterocycles. The molecule has 0 aliphatic rings. The van der Waals surface area contributed by atoms with Gasteiger partial charge < -0.3 is 18.3 Å². The summed E-state index contributed by atoms with van der Waals surface area (Å²) < 4.78 is 14.5. The number of oxazole rings is 1. The van der Waals surface area contributed by atoms with Crippen LogP contribution in [0.5, 0.6) is 5.75 Å². The van der Waals surface area contributed by atoms with Crippen LogP contribution >= 0.6 is 0 Å². The molecule has 0 unspecified atom stereocenters. The van der Waals surface area contributed by atoms with E-state index < -0.39 is 0 Å². The average Bonchev–Trinajstić information content (AvgIpc) is 3.35. The van der Waals surface area contributed by atoms with Crippen molar-refractivity contribution in [2.24, 2.45) is 7.05 Å². The largest absolute Gasteiger partial charge is 0.496 e. The molecule has 0 atom stereocenters. The number of methoxy groups -OCH3 is 1. The number of imidazole rings is 1. The second kappa shape index (κ2) is 7.48. The van der Waals surface area contributed by atoms with E-state index in [-0.39, 0.29) is 11.1 Å². The summed E-state index contributed by atoms with van der Waals surface area (Å²) in [5, 5.41) is 0. The number of hydrogen-bond donors (Lipinski definition) is 0. The normalized spacial score (nSPS) is 11.9. The van der Waals surface area contributed by atoms with Crippen LogP contribution in [-0.4, -0.2) is 26.2 Å². The number of para-hydroxylation sites is 1. The van der Waals surface area contributed by atoms with Crippen LogP contribution in [-0.2, 0) is 25.4 Å². The summed E-state index contributed by atoms with van der Waals surface area (Å²) in [5.74, 6) is 1.79. The van der Waals surface area contributed by atoms with E-state index in [1.807, 2.05) is 52.2 Å². The Hall–Kier alpha value is -3.35. The Morgan fingerprint density at radius 1 is 1.13 bits per heavy atom. The molecule has 0 radical (unpaired) electrons. The highest BCUT2D eigenvalue weighted by Crippen LogP contribution is 2.26. The van der Waals surface area contributed by atoms with Gasteiger partial charge in [-0.15, -0.1) is 0 Å². The van der Waals surface area contributed by atoms with Crippen LogP contribution in [0.2, 0.25) is 0 Å². The summed E-state index contributed by atoms with van der Waals surface area (Å²) >= 11 is 0. The maximum absolute atomic E-state index is 13.3. The van der Waals surface area contributed by atoms with Gasteiger partial charge >= 0.3 is 0 Å². The van der Waals surface area contributed by atoms with E-state index >= 15 is 0 Å². The second-order valence-corrected chi connectivity index (χ2v) is 8.34. The van der Waals surface area contributed by atoms with Gasteiger partial charge in [-0.25, -0.2) is 9.97 Å². The third kappa shape index (κ3) is 3.40. The van der Waals surface area contributed by atoms with Gasteiger partial charge in [-0.1, -0.05) is 18.2 Å². The lowest BCUT2D eigenvalue weighted by atomic mass is 10.0. The zero-order valence-corrected chi connectivity index (χ0v) is 18.0. The van der Waals surface area contributed by atoms with Gasteiger partial charge in [0.05, 0.1) is 18.8 Å². The first-order valence-corrected chi connectivity index (χ1v) is 9.94. The molecule has 0 spiro atoms. The van der Waals surface area contributed by atoms with Crippen LogP contribution < -0.4 is 10.3 Å². The SMILES string of the molecule is COc1ccccc1CCc1cn(C(C)(C)C)c(=O)c2c1nc(-c1ncco1)n2C. The summed E-state index contributed by atoms with van der Waals surface area (Å²) in [4.78, 5) is 22.3. The summed E-state index contributed by atoms with van der Waals surface area (Å²) in [6.07, 6.45) is 6.50. The zero-order chi connectivity index (χ0) is 21.5. The number of fused-ring (bicyclic) bond motifs is 1. The van der Waals surface area contributed by atoms with Crippen molar-refractivity contribution in [3.63, 3.8) is 0 Å². The minimum Gasteiger partial charge on any atom is -0.496 e. The lowest BCUT2D eigenvalue weighted by Gasteiger charge is -2.23. The molecule has 0 N–H and O–H groups in total. The molecule has 156 valence electrons. The molecule has 0 bridgehead atoms. The van der Waals surface area contributed by atoms with Crippen molar-refractivity contribution in [3.05, 3.63) is 64.4 Å². The Labute approximate surface area is 175 Å². The summed E-state index contributed by atoms with van der Waals surface area (Å²) in [6.45, 7) is 6.07. The monoisotopic (exact) mass is 406 g/mol. The highest BCUT2D eigenvalue weighted by molar-refractivity contribution is 5.81.